The van der Waals surface area contributed by atoms with Crippen LogP contribution in [0.15, 0.2) is 30.3 Å². The van der Waals surface area contributed by atoms with Crippen LogP contribution >= 0.6 is 0 Å². The number of benzene rings is 1. The summed E-state index contributed by atoms with van der Waals surface area (Å²) in [6.07, 6.45) is -3.01. The zero-order valence-electron chi connectivity index (χ0n) is 19.3. The Labute approximate surface area is 197 Å². The molecule has 188 valence electrons. The molecule has 4 atom stereocenters. The van der Waals surface area contributed by atoms with Crippen LogP contribution in [0.4, 0.5) is 4.79 Å². The SMILES string of the molecule is CCOC(=O)C[C@@H](C(=O)OCC)[C@H](NC(=O)[C@@H](NC(=O)OCc1ccccc1)[C@@H](C)O)C(N)=O. The second kappa shape index (κ2) is 14.5. The molecule has 0 heterocycles. The molecule has 0 saturated carbocycles. The summed E-state index contributed by atoms with van der Waals surface area (Å²) < 4.78 is 14.7. The number of aliphatic hydroxyl groups is 1. The number of rotatable bonds is 13. The minimum Gasteiger partial charge on any atom is -0.466 e. The third kappa shape index (κ3) is 9.45. The van der Waals surface area contributed by atoms with Gasteiger partial charge in [-0.2, -0.15) is 0 Å². The molecule has 0 aromatic heterocycles. The van der Waals surface area contributed by atoms with Crippen LogP contribution in [0, 0.1) is 5.92 Å². The van der Waals surface area contributed by atoms with E-state index in [1.807, 2.05) is 0 Å². The monoisotopic (exact) mass is 481 g/mol. The Hall–Kier alpha value is -3.67. The van der Waals surface area contributed by atoms with Gasteiger partial charge >= 0.3 is 18.0 Å². The lowest BCUT2D eigenvalue weighted by atomic mass is 9.94. The second-order valence-corrected chi connectivity index (χ2v) is 7.18. The van der Waals surface area contributed by atoms with Crippen molar-refractivity contribution in [1.29, 1.82) is 0 Å². The normalized spacial score (nSPS) is 14.0. The average molecular weight is 482 g/mol. The van der Waals surface area contributed by atoms with Gasteiger partial charge in [-0.25, -0.2) is 4.79 Å². The van der Waals surface area contributed by atoms with Crippen LogP contribution in [0.1, 0.15) is 32.8 Å². The first-order valence-corrected chi connectivity index (χ1v) is 10.7. The Morgan fingerprint density at radius 3 is 2.09 bits per heavy atom. The van der Waals surface area contributed by atoms with E-state index >= 15 is 0 Å². The number of nitrogens with two attached hydrogens (primary N) is 1. The van der Waals surface area contributed by atoms with E-state index < -0.39 is 60.4 Å². The van der Waals surface area contributed by atoms with Gasteiger partial charge in [0.2, 0.25) is 11.8 Å². The smallest absolute Gasteiger partial charge is 0.408 e. The lowest BCUT2D eigenvalue weighted by molar-refractivity contribution is -0.157. The standard InChI is InChI=1S/C22H31N3O9/c1-4-32-16(27)11-15(21(30)33-5-2)18(19(23)28)24-20(29)17(13(3)26)25-22(31)34-12-14-9-7-6-8-10-14/h6-10,13,15,17-18,26H,4-5,11-12H2,1-3H3,(H2,23,28)(H,24,29)(H,25,31)/t13-,15-,17+,18+/m1/s1. The van der Waals surface area contributed by atoms with Crippen LogP contribution < -0.4 is 16.4 Å². The minimum absolute atomic E-state index is 0.0289. The van der Waals surface area contributed by atoms with Gasteiger partial charge in [0.25, 0.3) is 0 Å². The van der Waals surface area contributed by atoms with E-state index in [-0.39, 0.29) is 19.8 Å². The van der Waals surface area contributed by atoms with Gasteiger partial charge in [0, 0.05) is 0 Å². The second-order valence-electron chi connectivity index (χ2n) is 7.18. The molecule has 12 nitrogen and oxygen atoms in total. The Morgan fingerprint density at radius 2 is 1.56 bits per heavy atom. The molecule has 1 aromatic rings. The lowest BCUT2D eigenvalue weighted by Crippen LogP contribution is -2.59. The number of alkyl carbamates (subject to hydrolysis) is 1. The quantitative estimate of drug-likeness (QED) is 0.218. The van der Waals surface area contributed by atoms with Crippen molar-refractivity contribution >= 4 is 29.8 Å². The Kier molecular flexibility index (Phi) is 12.1. The van der Waals surface area contributed by atoms with Crippen LogP contribution in [0.5, 0.6) is 0 Å². The molecule has 12 heteroatoms. The van der Waals surface area contributed by atoms with Gasteiger partial charge in [-0.15, -0.1) is 0 Å². The van der Waals surface area contributed by atoms with Gasteiger partial charge in [-0.1, -0.05) is 30.3 Å². The summed E-state index contributed by atoms with van der Waals surface area (Å²) in [7, 11) is 0. The molecule has 3 amide bonds. The molecule has 0 radical (unpaired) electrons. The number of esters is 2. The fourth-order valence-corrected chi connectivity index (χ4v) is 2.90. The number of hydrogen-bond donors (Lipinski definition) is 4. The van der Waals surface area contributed by atoms with E-state index in [9.17, 15) is 29.1 Å². The number of hydrogen-bond acceptors (Lipinski definition) is 9. The number of carbonyl (C=O) groups is 5. The topological polar surface area (TPSA) is 183 Å². The molecule has 0 aliphatic rings. The summed E-state index contributed by atoms with van der Waals surface area (Å²) in [6.45, 7) is 4.19. The summed E-state index contributed by atoms with van der Waals surface area (Å²) in [5, 5.41) is 14.4. The van der Waals surface area contributed by atoms with E-state index in [2.05, 4.69) is 10.6 Å². The predicted octanol–water partition coefficient (Wildman–Crippen LogP) is -0.235. The Morgan fingerprint density at radius 1 is 0.941 bits per heavy atom. The summed E-state index contributed by atoms with van der Waals surface area (Å²) in [6, 6.07) is 5.50. The number of nitrogens with one attached hydrogen (secondary N) is 2. The zero-order valence-corrected chi connectivity index (χ0v) is 19.3. The highest BCUT2D eigenvalue weighted by Gasteiger charge is 2.39. The molecule has 0 aliphatic heterocycles. The maximum Gasteiger partial charge on any atom is 0.408 e. The molecule has 0 aliphatic carbocycles. The summed E-state index contributed by atoms with van der Waals surface area (Å²) in [4.78, 5) is 61.3. The first kappa shape index (κ1) is 28.4. The Bertz CT molecular complexity index is 845. The van der Waals surface area contributed by atoms with Gasteiger partial charge in [-0.05, 0) is 26.3 Å². The first-order chi connectivity index (χ1) is 16.1. The van der Waals surface area contributed by atoms with Crippen molar-refractivity contribution < 1.29 is 43.3 Å². The first-order valence-electron chi connectivity index (χ1n) is 10.7. The van der Waals surface area contributed by atoms with Crippen molar-refractivity contribution in [3.8, 4) is 0 Å². The highest BCUT2D eigenvalue weighted by Crippen LogP contribution is 2.14. The molecule has 0 bridgehead atoms. The molecule has 1 aromatic carbocycles. The molecule has 1 rings (SSSR count). The molecule has 34 heavy (non-hydrogen) atoms. The summed E-state index contributed by atoms with van der Waals surface area (Å²) in [5.41, 5.74) is 6.07. The molecule has 0 spiro atoms. The van der Waals surface area contributed by atoms with Crippen molar-refractivity contribution in [2.45, 2.75) is 52.0 Å². The van der Waals surface area contributed by atoms with Crippen molar-refractivity contribution in [1.82, 2.24) is 10.6 Å². The van der Waals surface area contributed by atoms with Crippen LogP contribution in [0.25, 0.3) is 0 Å². The number of primary amides is 1. The van der Waals surface area contributed by atoms with Crippen LogP contribution in [-0.4, -0.2) is 66.4 Å². The Balaban J connectivity index is 2.95. The number of amides is 3. The number of ether oxygens (including phenoxy) is 3. The maximum absolute atomic E-state index is 12.8. The van der Waals surface area contributed by atoms with Crippen molar-refractivity contribution in [3.05, 3.63) is 35.9 Å². The van der Waals surface area contributed by atoms with E-state index in [1.165, 1.54) is 13.8 Å². The van der Waals surface area contributed by atoms with E-state index in [0.29, 0.717) is 5.56 Å². The lowest BCUT2D eigenvalue weighted by Gasteiger charge is -2.27. The predicted molar refractivity (Wildman–Crippen MR) is 118 cm³/mol. The highest BCUT2D eigenvalue weighted by molar-refractivity contribution is 5.95. The van der Waals surface area contributed by atoms with Crippen LogP contribution in [0.2, 0.25) is 0 Å². The molecular weight excluding hydrogens is 450 g/mol. The van der Waals surface area contributed by atoms with Crippen molar-refractivity contribution in [2.24, 2.45) is 11.7 Å². The van der Waals surface area contributed by atoms with Crippen molar-refractivity contribution in [3.63, 3.8) is 0 Å². The largest absolute Gasteiger partial charge is 0.466 e. The van der Waals surface area contributed by atoms with Crippen LogP contribution in [-0.2, 0) is 40.0 Å². The third-order valence-corrected chi connectivity index (χ3v) is 4.54. The fourth-order valence-electron chi connectivity index (χ4n) is 2.90. The number of carbonyl (C=O) groups excluding carboxylic acids is 5. The van der Waals surface area contributed by atoms with Gasteiger partial charge < -0.3 is 35.7 Å². The summed E-state index contributed by atoms with van der Waals surface area (Å²) >= 11 is 0. The average Bonchev–Trinajstić information content (AvgIpc) is 2.78. The maximum atomic E-state index is 12.8. The molecule has 0 saturated heterocycles. The van der Waals surface area contributed by atoms with Gasteiger partial charge in [-0.3, -0.25) is 19.2 Å². The number of aliphatic hydroxyl groups excluding tert-OH is 1. The van der Waals surface area contributed by atoms with Gasteiger partial charge in [0.05, 0.1) is 31.7 Å². The third-order valence-electron chi connectivity index (χ3n) is 4.54. The van der Waals surface area contributed by atoms with Crippen LogP contribution in [0.3, 0.4) is 0 Å². The van der Waals surface area contributed by atoms with E-state index in [1.54, 1.807) is 37.3 Å². The van der Waals surface area contributed by atoms with Crippen molar-refractivity contribution in [2.75, 3.05) is 13.2 Å². The minimum atomic E-state index is -1.68. The highest BCUT2D eigenvalue weighted by atomic mass is 16.6. The molecule has 0 fully saturated rings. The van der Waals surface area contributed by atoms with E-state index in [4.69, 9.17) is 19.9 Å². The van der Waals surface area contributed by atoms with Gasteiger partial charge in [0.1, 0.15) is 18.7 Å². The molecule has 5 N–H and O–H groups in total. The molecular formula is C22H31N3O9. The molecule has 0 unspecified atom stereocenters. The van der Waals surface area contributed by atoms with E-state index in [0.717, 1.165) is 0 Å². The summed E-state index contributed by atoms with van der Waals surface area (Å²) in [5.74, 6) is -5.42. The van der Waals surface area contributed by atoms with Gasteiger partial charge in [0.15, 0.2) is 0 Å². The zero-order chi connectivity index (χ0) is 25.7. The fraction of sp³-hybridized carbons (Fsp3) is 0.500.